The number of piperazine rings is 1. The largest absolute Gasteiger partial charge is 0.308 e. The average Bonchev–Trinajstić information content (AvgIpc) is 3.91. The maximum absolute atomic E-state index is 2.64. The molecule has 0 amide bonds. The maximum Gasteiger partial charge on any atom is 0.0344 e. The lowest BCUT2D eigenvalue weighted by molar-refractivity contribution is -0.00402. The molecule has 0 saturated carbocycles. The fraction of sp³-hybridized carbons (Fsp3) is 1.00. The van der Waals surface area contributed by atoms with E-state index in [9.17, 15) is 0 Å². The van der Waals surface area contributed by atoms with E-state index in [1.165, 1.54) is 117 Å². The van der Waals surface area contributed by atoms with E-state index in [1.807, 2.05) is 0 Å². The zero-order valence-corrected chi connectivity index (χ0v) is 57.3. The summed E-state index contributed by atoms with van der Waals surface area (Å²) in [7, 11) is 21.7. The molecule has 0 aliphatic carbocycles. The highest BCUT2D eigenvalue weighted by molar-refractivity contribution is 4.98. The van der Waals surface area contributed by atoms with Crippen LogP contribution >= 0.6 is 0 Å². The standard InChI is InChI=1S/C11H22N2.2C10H22N2.2C9H20N2.C9H22N2.C5H12.3CH4/c1-11(2,3)13-7-9-5-6-12(4)10(9)8-13;1-10(2,3)12-7-6-9(8-12)11(4)5;1-10(2,3)12-7-5-6-11(4)8-9-12;1-9(2,3)11-6-8(7-11)10(4)5;1-9(2,3)11-7-5-10(4)6-8-11;1-9(2,3)11(6)8-7-10(4)5;1-5(2,3)4;;;/h9-10H,5-8H2,1-4H3;9H,6-8H2,1-5H3;5-9H2,1-4H3;8H,6-7H2,1-5H3;5-8H2,1-4H3;7-8H2,1-6H3;1-4H3;3*1H4. The number of likely N-dealkylation sites (N-methyl/N-ethyl adjacent to an activating group) is 7. The molecule has 0 bridgehead atoms. The van der Waals surface area contributed by atoms with Crippen molar-refractivity contribution in [3.63, 3.8) is 0 Å². The van der Waals surface area contributed by atoms with E-state index in [0.29, 0.717) is 38.6 Å². The predicted molar refractivity (Wildman–Crippen MR) is 357 cm³/mol. The molecule has 0 aromatic rings. The number of rotatable bonds is 5. The van der Waals surface area contributed by atoms with Crippen molar-refractivity contribution < 1.29 is 0 Å². The number of nitrogens with zero attached hydrogens (tertiary/aromatic N) is 12. The quantitative estimate of drug-likeness (QED) is 0.263. The molecule has 0 N–H and O–H groups in total. The Morgan fingerprint density at radius 1 is 0.359 bits per heavy atom. The van der Waals surface area contributed by atoms with Gasteiger partial charge in [0.05, 0.1) is 0 Å². The topological polar surface area (TPSA) is 38.9 Å². The van der Waals surface area contributed by atoms with Gasteiger partial charge in [-0.3, -0.25) is 24.5 Å². The van der Waals surface area contributed by atoms with E-state index in [4.69, 9.17) is 0 Å². The minimum absolute atomic E-state index is 0. The summed E-state index contributed by atoms with van der Waals surface area (Å²) in [4.78, 5) is 29.4. The van der Waals surface area contributed by atoms with Crippen LogP contribution in [0.2, 0.25) is 0 Å². The SMILES string of the molecule is C.C.C.CC(C)(C)C.CN(C)C1CCN(C(C)(C)C)C1.CN(C)C1CN(C(C)(C)C)C1.CN(C)CCN(C)C(C)(C)C.CN1CCC2CN(C(C)(C)C)CC21.CN1CCCN(C(C)(C)C)CC1.CN1CCN(C(C)(C)C)CC1. The number of hydrogen-bond donors (Lipinski definition) is 0. The first kappa shape index (κ1) is 84.0. The molecule has 6 heterocycles. The van der Waals surface area contributed by atoms with Crippen LogP contribution in [0.1, 0.15) is 194 Å². The minimum atomic E-state index is 0. The maximum atomic E-state index is 2.64. The van der Waals surface area contributed by atoms with Gasteiger partial charge in [-0.1, -0.05) is 50.0 Å². The van der Waals surface area contributed by atoms with Gasteiger partial charge >= 0.3 is 0 Å². The number of likely N-dealkylation sites (tertiary alicyclic amines) is 4. The summed E-state index contributed by atoms with van der Waals surface area (Å²) in [6.45, 7) is 70.9. The predicted octanol–water partition coefficient (Wildman–Crippen LogP) is 11.6. The van der Waals surface area contributed by atoms with Crippen molar-refractivity contribution in [2.45, 2.75) is 245 Å². The Hall–Kier alpha value is -0.480. The molecule has 6 saturated heterocycles. The third-order valence-electron chi connectivity index (χ3n) is 16.3. The van der Waals surface area contributed by atoms with Crippen molar-refractivity contribution in [3.8, 4) is 0 Å². The van der Waals surface area contributed by atoms with E-state index in [-0.39, 0.29) is 22.3 Å². The lowest BCUT2D eigenvalue weighted by atomic mass is 9.97. The van der Waals surface area contributed by atoms with Crippen LogP contribution in [0.4, 0.5) is 0 Å². The van der Waals surface area contributed by atoms with Gasteiger partial charge in [0.2, 0.25) is 0 Å². The van der Waals surface area contributed by atoms with E-state index in [0.717, 1.165) is 37.1 Å². The highest BCUT2D eigenvalue weighted by atomic mass is 15.3. The fourth-order valence-electron chi connectivity index (χ4n) is 9.70. The second-order valence-electron chi connectivity index (χ2n) is 32.1. The molecule has 0 aromatic heterocycles. The summed E-state index contributed by atoms with van der Waals surface area (Å²) >= 11 is 0. The molecular formula is C66H152N12. The molecule has 6 aliphatic heterocycles. The minimum Gasteiger partial charge on any atom is -0.308 e. The lowest BCUT2D eigenvalue weighted by Crippen LogP contribution is -2.63. The van der Waals surface area contributed by atoms with E-state index in [1.54, 1.807) is 0 Å². The van der Waals surface area contributed by atoms with Gasteiger partial charge in [0, 0.05) is 143 Å². The molecule has 3 unspecified atom stereocenters. The second kappa shape index (κ2) is 36.4. The van der Waals surface area contributed by atoms with Gasteiger partial charge in [0.25, 0.3) is 0 Å². The third kappa shape index (κ3) is 36.3. The van der Waals surface area contributed by atoms with Gasteiger partial charge in [0.1, 0.15) is 0 Å². The average molecular weight is 1110 g/mol. The van der Waals surface area contributed by atoms with E-state index < -0.39 is 0 Å². The van der Waals surface area contributed by atoms with Crippen LogP contribution in [0.5, 0.6) is 0 Å². The third-order valence-corrected chi connectivity index (χ3v) is 16.3. The van der Waals surface area contributed by atoms with Gasteiger partial charge in [-0.15, -0.1) is 0 Å². The normalized spacial score (nSPS) is 23.2. The van der Waals surface area contributed by atoms with Crippen LogP contribution in [0.25, 0.3) is 0 Å². The van der Waals surface area contributed by atoms with Gasteiger partial charge in [0.15, 0.2) is 0 Å². The highest BCUT2D eigenvalue weighted by Crippen LogP contribution is 2.34. The first-order valence-electron chi connectivity index (χ1n) is 30.2. The summed E-state index contributed by atoms with van der Waals surface area (Å²) in [5.74, 6) is 0.948. The van der Waals surface area contributed by atoms with Gasteiger partial charge < -0.3 is 34.3 Å². The smallest absolute Gasteiger partial charge is 0.0344 e. The molecule has 6 aliphatic rings. The van der Waals surface area contributed by atoms with Crippen LogP contribution in [0.3, 0.4) is 0 Å². The summed E-state index contributed by atoms with van der Waals surface area (Å²) in [5, 5.41) is 0. The molecular weight excluding hydrogens is 961 g/mol. The van der Waals surface area contributed by atoms with E-state index in [2.05, 4.69) is 282 Å². The zero-order valence-electron chi connectivity index (χ0n) is 57.3. The van der Waals surface area contributed by atoms with Crippen LogP contribution in [-0.4, -0.2) is 292 Å². The first-order valence-corrected chi connectivity index (χ1v) is 30.2. The highest BCUT2D eigenvalue weighted by Gasteiger charge is 2.42. The molecule has 12 nitrogen and oxygen atoms in total. The molecule has 78 heavy (non-hydrogen) atoms. The Kier molecular flexibility index (Phi) is 39.2. The molecule has 12 heteroatoms. The van der Waals surface area contributed by atoms with Crippen molar-refractivity contribution >= 4 is 0 Å². The molecule has 0 aromatic carbocycles. The monoisotopic (exact) mass is 1110 g/mol. The van der Waals surface area contributed by atoms with Gasteiger partial charge in [-0.25, -0.2) is 0 Å². The Labute approximate surface area is 495 Å². The fourth-order valence-corrected chi connectivity index (χ4v) is 9.70. The summed E-state index contributed by atoms with van der Waals surface area (Å²) < 4.78 is 0. The molecule has 6 fully saturated rings. The Bertz CT molecular complexity index is 1430. The van der Waals surface area contributed by atoms with Crippen molar-refractivity contribution in [1.29, 1.82) is 0 Å². The Morgan fingerprint density at radius 3 is 1.04 bits per heavy atom. The molecule has 3 atom stereocenters. The summed E-state index contributed by atoms with van der Waals surface area (Å²) in [6, 6.07) is 2.40. The summed E-state index contributed by atoms with van der Waals surface area (Å²) in [5.41, 5.74) is 2.60. The van der Waals surface area contributed by atoms with Gasteiger partial charge in [-0.05, 0) is 245 Å². The van der Waals surface area contributed by atoms with Crippen molar-refractivity contribution in [3.05, 3.63) is 0 Å². The van der Waals surface area contributed by atoms with Crippen LogP contribution in [-0.2, 0) is 0 Å². The Balaban J connectivity index is -0.000000411. The lowest BCUT2D eigenvalue weighted by Gasteiger charge is -2.49. The van der Waals surface area contributed by atoms with Crippen LogP contribution in [0, 0.1) is 11.3 Å². The molecule has 0 spiro atoms. The van der Waals surface area contributed by atoms with Crippen molar-refractivity contribution in [1.82, 2.24) is 58.8 Å². The van der Waals surface area contributed by atoms with Crippen LogP contribution in [0.15, 0.2) is 0 Å². The molecule has 6 rings (SSSR count). The zero-order chi connectivity index (χ0) is 58.9. The summed E-state index contributed by atoms with van der Waals surface area (Å²) in [6.07, 6.45) is 4.05. The van der Waals surface area contributed by atoms with E-state index >= 15 is 0 Å². The Morgan fingerprint density at radius 2 is 0.718 bits per heavy atom. The van der Waals surface area contributed by atoms with Gasteiger partial charge in [-0.2, -0.15) is 0 Å². The number of hydrogen-bond acceptors (Lipinski definition) is 12. The second-order valence-corrected chi connectivity index (χ2v) is 32.1. The molecule has 476 valence electrons. The van der Waals surface area contributed by atoms with Crippen molar-refractivity contribution in [2.24, 2.45) is 11.3 Å². The molecule has 0 radical (unpaired) electrons. The van der Waals surface area contributed by atoms with Crippen molar-refractivity contribution in [2.75, 3.05) is 182 Å². The number of fused-ring (bicyclic) bond motifs is 1. The van der Waals surface area contributed by atoms with Crippen LogP contribution < -0.4 is 0 Å². The first-order chi connectivity index (χ1) is 33.6.